The van der Waals surface area contributed by atoms with Gasteiger partial charge in [-0.3, -0.25) is 18.9 Å². The standard InChI is InChI=1S/C29H29N7O2/c1-4-5-9-23-18-36(27-19(2)8-6-10-24(27)20(3)37)29(38)35(23)17-21-12-14-22(15-13-21)25-11-7-16-30-26(25)28-31-33-34-32-28/h6-8,10-16,18H,4-5,9,17H2,1-3H3,(H,31,32,33,34). The number of carbonyl (C=O) groups is 1. The largest absolute Gasteiger partial charge is 0.333 e. The molecular weight excluding hydrogens is 478 g/mol. The van der Waals surface area contributed by atoms with Crippen LogP contribution in [0.4, 0.5) is 0 Å². The van der Waals surface area contributed by atoms with Crippen LogP contribution in [-0.4, -0.2) is 40.5 Å². The van der Waals surface area contributed by atoms with E-state index in [9.17, 15) is 9.59 Å². The number of hydrogen-bond acceptors (Lipinski definition) is 6. The van der Waals surface area contributed by atoms with Crippen LogP contribution in [0.5, 0.6) is 0 Å². The summed E-state index contributed by atoms with van der Waals surface area (Å²) in [7, 11) is 0. The van der Waals surface area contributed by atoms with E-state index in [0.29, 0.717) is 29.3 Å². The van der Waals surface area contributed by atoms with Gasteiger partial charge in [-0.2, -0.15) is 0 Å². The number of pyridine rings is 1. The van der Waals surface area contributed by atoms with Crippen LogP contribution < -0.4 is 5.69 Å². The number of aromatic nitrogens is 7. The van der Waals surface area contributed by atoms with Crippen molar-refractivity contribution in [1.82, 2.24) is 34.7 Å². The number of imidazole rings is 1. The van der Waals surface area contributed by atoms with E-state index in [4.69, 9.17) is 0 Å². The Hall–Kier alpha value is -4.66. The van der Waals surface area contributed by atoms with Gasteiger partial charge in [-0.25, -0.2) is 9.89 Å². The molecule has 0 spiro atoms. The van der Waals surface area contributed by atoms with E-state index >= 15 is 0 Å². The van der Waals surface area contributed by atoms with Crippen molar-refractivity contribution in [3.63, 3.8) is 0 Å². The van der Waals surface area contributed by atoms with Gasteiger partial charge in [0.2, 0.25) is 0 Å². The third-order valence-corrected chi connectivity index (χ3v) is 6.69. The highest BCUT2D eigenvalue weighted by molar-refractivity contribution is 5.98. The molecule has 0 aliphatic carbocycles. The number of tetrazole rings is 1. The summed E-state index contributed by atoms with van der Waals surface area (Å²) in [4.78, 5) is 30.6. The molecule has 0 bridgehead atoms. The van der Waals surface area contributed by atoms with Crippen molar-refractivity contribution in [3.05, 3.63) is 99.9 Å². The van der Waals surface area contributed by atoms with Gasteiger partial charge in [0.15, 0.2) is 11.6 Å². The molecule has 0 saturated carbocycles. The number of nitrogens with zero attached hydrogens (tertiary/aromatic N) is 6. The topological polar surface area (TPSA) is 111 Å². The summed E-state index contributed by atoms with van der Waals surface area (Å²) < 4.78 is 3.45. The summed E-state index contributed by atoms with van der Waals surface area (Å²) in [5.41, 5.74) is 6.42. The third-order valence-electron chi connectivity index (χ3n) is 6.69. The van der Waals surface area contributed by atoms with Crippen LogP contribution in [-0.2, 0) is 13.0 Å². The summed E-state index contributed by atoms with van der Waals surface area (Å²) in [6.45, 7) is 6.03. The molecule has 3 heterocycles. The molecule has 3 aromatic heterocycles. The minimum absolute atomic E-state index is 0.0649. The zero-order valence-corrected chi connectivity index (χ0v) is 21.7. The van der Waals surface area contributed by atoms with Crippen molar-refractivity contribution < 1.29 is 4.79 Å². The Balaban J connectivity index is 1.51. The SMILES string of the molecule is CCCCc1cn(-c2c(C)cccc2C(C)=O)c(=O)n1Cc1ccc(-c2cccnc2-c2nnn[nH]2)cc1. The number of para-hydroxylation sites is 1. The van der Waals surface area contributed by atoms with Crippen LogP contribution in [0, 0.1) is 6.92 Å². The fourth-order valence-electron chi connectivity index (χ4n) is 4.74. The first-order chi connectivity index (χ1) is 18.5. The second-order valence-corrected chi connectivity index (χ2v) is 9.34. The number of hydrogen-bond donors (Lipinski definition) is 1. The first-order valence-corrected chi connectivity index (χ1v) is 12.7. The predicted octanol–water partition coefficient (Wildman–Crippen LogP) is 4.78. The third kappa shape index (κ3) is 4.82. The molecule has 0 amide bonds. The van der Waals surface area contributed by atoms with Gasteiger partial charge in [-0.15, -0.1) is 5.10 Å². The number of unbranched alkanes of at least 4 members (excludes halogenated alkanes) is 1. The summed E-state index contributed by atoms with van der Waals surface area (Å²) in [5.74, 6) is 0.434. The zero-order valence-electron chi connectivity index (χ0n) is 21.7. The van der Waals surface area contributed by atoms with Crippen molar-refractivity contribution in [2.75, 3.05) is 0 Å². The number of rotatable bonds is 9. The number of nitrogens with one attached hydrogen (secondary N) is 1. The van der Waals surface area contributed by atoms with Crippen molar-refractivity contribution in [2.45, 2.75) is 46.6 Å². The molecule has 38 heavy (non-hydrogen) atoms. The highest BCUT2D eigenvalue weighted by Crippen LogP contribution is 2.28. The molecule has 9 nitrogen and oxygen atoms in total. The van der Waals surface area contributed by atoms with E-state index in [1.54, 1.807) is 16.8 Å². The summed E-state index contributed by atoms with van der Waals surface area (Å²) >= 11 is 0. The van der Waals surface area contributed by atoms with Gasteiger partial charge in [0.1, 0.15) is 5.69 Å². The molecule has 0 fully saturated rings. The molecule has 192 valence electrons. The number of Topliss-reactive ketones (excluding diaryl/α,β-unsaturated/α-hetero) is 1. The second-order valence-electron chi connectivity index (χ2n) is 9.34. The zero-order chi connectivity index (χ0) is 26.6. The Morgan fingerprint density at radius 2 is 1.87 bits per heavy atom. The Bertz CT molecular complexity index is 1630. The van der Waals surface area contributed by atoms with Gasteiger partial charge >= 0.3 is 5.69 Å². The van der Waals surface area contributed by atoms with Crippen molar-refractivity contribution in [1.29, 1.82) is 0 Å². The molecule has 0 unspecified atom stereocenters. The van der Waals surface area contributed by atoms with Crippen molar-refractivity contribution in [3.8, 4) is 28.3 Å². The van der Waals surface area contributed by atoms with Crippen LogP contribution >= 0.6 is 0 Å². The minimum atomic E-state index is -0.149. The number of aromatic amines is 1. The Morgan fingerprint density at radius 3 is 2.58 bits per heavy atom. The van der Waals surface area contributed by atoms with Crippen molar-refractivity contribution in [2.24, 2.45) is 0 Å². The molecule has 5 aromatic rings. The molecule has 0 atom stereocenters. The first-order valence-electron chi connectivity index (χ1n) is 12.7. The Kier molecular flexibility index (Phi) is 7.08. The number of carbonyl (C=O) groups excluding carboxylic acids is 1. The lowest BCUT2D eigenvalue weighted by Gasteiger charge is -2.11. The molecule has 2 aromatic carbocycles. The quantitative estimate of drug-likeness (QED) is 0.287. The van der Waals surface area contributed by atoms with Gasteiger partial charge in [0.05, 0.1) is 12.2 Å². The van der Waals surface area contributed by atoms with E-state index in [2.05, 4.69) is 32.5 Å². The van der Waals surface area contributed by atoms with Gasteiger partial charge in [-0.1, -0.05) is 55.8 Å². The lowest BCUT2D eigenvalue weighted by atomic mass is 10.0. The molecule has 0 saturated heterocycles. The second kappa shape index (κ2) is 10.8. The van der Waals surface area contributed by atoms with E-state index in [1.165, 1.54) is 6.92 Å². The smallest absolute Gasteiger partial charge is 0.294 e. The highest BCUT2D eigenvalue weighted by atomic mass is 16.2. The fraction of sp³-hybridized carbons (Fsp3) is 0.241. The molecule has 0 radical (unpaired) electrons. The molecular formula is C29H29N7O2. The van der Waals surface area contributed by atoms with Gasteiger partial charge in [-0.05, 0) is 65.9 Å². The molecule has 9 heteroatoms. The van der Waals surface area contributed by atoms with Crippen molar-refractivity contribution >= 4 is 5.78 Å². The maximum atomic E-state index is 13.7. The number of aryl methyl sites for hydroxylation is 2. The molecule has 0 aliphatic heterocycles. The Morgan fingerprint density at radius 1 is 1.05 bits per heavy atom. The van der Waals surface area contributed by atoms with Gasteiger partial charge in [0.25, 0.3) is 0 Å². The average molecular weight is 508 g/mol. The summed E-state index contributed by atoms with van der Waals surface area (Å²) in [6, 6.07) is 17.5. The number of benzene rings is 2. The van der Waals surface area contributed by atoms with Gasteiger partial charge in [0, 0.05) is 29.2 Å². The average Bonchev–Trinajstić information content (AvgIpc) is 3.57. The Labute approximate surface area is 220 Å². The van der Waals surface area contributed by atoms with Crippen LogP contribution in [0.3, 0.4) is 0 Å². The maximum absolute atomic E-state index is 13.7. The molecule has 0 aliphatic rings. The lowest BCUT2D eigenvalue weighted by Crippen LogP contribution is -2.26. The monoisotopic (exact) mass is 507 g/mol. The van der Waals surface area contributed by atoms with E-state index in [-0.39, 0.29) is 11.5 Å². The summed E-state index contributed by atoms with van der Waals surface area (Å²) in [6.07, 6.45) is 6.37. The van der Waals surface area contributed by atoms with Crippen LogP contribution in [0.2, 0.25) is 0 Å². The fourth-order valence-corrected chi connectivity index (χ4v) is 4.74. The van der Waals surface area contributed by atoms with E-state index in [1.807, 2.05) is 66.2 Å². The minimum Gasteiger partial charge on any atom is -0.294 e. The molecule has 1 N–H and O–H groups in total. The van der Waals surface area contributed by atoms with Crippen LogP contribution in [0.15, 0.2) is 71.8 Å². The first kappa shape index (κ1) is 25.0. The maximum Gasteiger partial charge on any atom is 0.333 e. The van der Waals surface area contributed by atoms with Gasteiger partial charge < -0.3 is 0 Å². The summed E-state index contributed by atoms with van der Waals surface area (Å²) in [5, 5.41) is 14.1. The van der Waals surface area contributed by atoms with E-state index < -0.39 is 0 Å². The highest BCUT2D eigenvalue weighted by Gasteiger charge is 2.19. The predicted molar refractivity (Wildman–Crippen MR) is 145 cm³/mol. The van der Waals surface area contributed by atoms with Crippen LogP contribution in [0.25, 0.3) is 28.3 Å². The lowest BCUT2D eigenvalue weighted by molar-refractivity contribution is 0.101. The number of ketones is 1. The van der Waals surface area contributed by atoms with Crippen LogP contribution in [0.1, 0.15) is 53.9 Å². The van der Waals surface area contributed by atoms with E-state index in [0.717, 1.165) is 47.2 Å². The number of H-pyrrole nitrogens is 1. The molecule has 5 rings (SSSR count). The normalized spacial score (nSPS) is 11.1.